The molecule has 0 unspecified atom stereocenters. The van der Waals surface area contributed by atoms with E-state index >= 15 is 0 Å². The van der Waals surface area contributed by atoms with Crippen LogP contribution >= 0.6 is 23.2 Å². The Balaban J connectivity index is 3.88. The highest BCUT2D eigenvalue weighted by Gasteiger charge is 2.43. The molecule has 0 aliphatic carbocycles. The first-order chi connectivity index (χ1) is 3.85. The van der Waals surface area contributed by atoms with E-state index in [0.717, 1.165) is 0 Å². The summed E-state index contributed by atoms with van der Waals surface area (Å²) >= 11 is 8.85. The van der Waals surface area contributed by atoms with E-state index in [9.17, 15) is 17.6 Å². The number of hydrogen-bond donors (Lipinski definition) is 0. The molecule has 0 aromatic carbocycles. The van der Waals surface area contributed by atoms with E-state index in [1.807, 2.05) is 0 Å². The molecule has 0 saturated heterocycles. The Kier molecular flexibility index (Phi) is 3.02. The molecular weight excluding hydrogens is 183 g/mol. The third kappa shape index (κ3) is 3.11. The van der Waals surface area contributed by atoms with Gasteiger partial charge in [0.25, 0.3) is 0 Å². The van der Waals surface area contributed by atoms with Crippen LogP contribution in [-0.2, 0) is 0 Å². The first kappa shape index (κ1) is 9.30. The number of hydrogen-bond acceptors (Lipinski definition) is 0. The van der Waals surface area contributed by atoms with Gasteiger partial charge in [0.1, 0.15) is 0 Å². The molecular formula is C3H2Cl2F4. The van der Waals surface area contributed by atoms with Crippen molar-refractivity contribution in [2.45, 2.75) is 17.2 Å². The van der Waals surface area contributed by atoms with E-state index < -0.39 is 17.2 Å². The summed E-state index contributed by atoms with van der Waals surface area (Å²) in [5.74, 6) is 0. The molecule has 0 amide bonds. The van der Waals surface area contributed by atoms with E-state index in [0.29, 0.717) is 0 Å². The standard InChI is InChI=1S/C3H2Cl2F4/c4-1(2(5)6)3(7,8)9/h1-2H/t1-,2-/m1/s1. The Morgan fingerprint density at radius 1 is 1.11 bits per heavy atom. The van der Waals surface area contributed by atoms with Gasteiger partial charge in [-0.15, -0.1) is 11.6 Å². The summed E-state index contributed by atoms with van der Waals surface area (Å²) in [7, 11) is 0. The number of rotatable bonds is 1. The molecule has 0 aromatic heterocycles. The molecule has 0 rings (SSSR count). The van der Waals surface area contributed by atoms with E-state index in [-0.39, 0.29) is 0 Å². The lowest BCUT2D eigenvalue weighted by Crippen LogP contribution is -2.29. The highest BCUT2D eigenvalue weighted by Crippen LogP contribution is 2.30. The van der Waals surface area contributed by atoms with Crippen LogP contribution in [0.5, 0.6) is 0 Å². The molecule has 0 heterocycles. The predicted molar refractivity (Wildman–Crippen MR) is 26.4 cm³/mol. The van der Waals surface area contributed by atoms with Crippen LogP contribution in [0.1, 0.15) is 0 Å². The molecule has 0 nitrogen and oxygen atoms in total. The van der Waals surface area contributed by atoms with Gasteiger partial charge in [-0.25, -0.2) is 4.39 Å². The number of alkyl halides is 6. The molecule has 0 aliphatic rings. The van der Waals surface area contributed by atoms with Crippen molar-refractivity contribution in [3.05, 3.63) is 0 Å². The van der Waals surface area contributed by atoms with Crippen LogP contribution in [0.3, 0.4) is 0 Å². The summed E-state index contributed by atoms with van der Waals surface area (Å²) in [4.78, 5) is 0. The minimum Gasteiger partial charge on any atom is -0.228 e. The maximum absolute atomic E-state index is 11.5. The van der Waals surface area contributed by atoms with Gasteiger partial charge in [0.2, 0.25) is 0 Å². The lowest BCUT2D eigenvalue weighted by atomic mass is 10.4. The smallest absolute Gasteiger partial charge is 0.228 e. The third-order valence-corrected chi connectivity index (χ3v) is 1.38. The van der Waals surface area contributed by atoms with E-state index in [1.54, 1.807) is 0 Å². The SMILES string of the molecule is F[C@@H](Cl)[C@@H](Cl)C(F)(F)F. The van der Waals surface area contributed by atoms with Crippen LogP contribution in [0, 0.1) is 0 Å². The van der Waals surface area contributed by atoms with Crippen molar-refractivity contribution in [1.29, 1.82) is 0 Å². The van der Waals surface area contributed by atoms with Crippen molar-refractivity contribution >= 4 is 23.2 Å². The maximum Gasteiger partial charge on any atom is 0.409 e. The zero-order valence-electron chi connectivity index (χ0n) is 3.92. The first-order valence-electron chi connectivity index (χ1n) is 1.84. The van der Waals surface area contributed by atoms with Crippen LogP contribution in [0.4, 0.5) is 17.6 Å². The minimum atomic E-state index is -4.76. The summed E-state index contributed by atoms with van der Waals surface area (Å²) in [5.41, 5.74) is -2.58. The second kappa shape index (κ2) is 2.92. The molecule has 6 heteroatoms. The largest absolute Gasteiger partial charge is 0.409 e. The van der Waals surface area contributed by atoms with E-state index in [2.05, 4.69) is 23.2 Å². The summed E-state index contributed by atoms with van der Waals surface area (Å²) in [6.45, 7) is 0. The van der Waals surface area contributed by atoms with Gasteiger partial charge in [-0.3, -0.25) is 0 Å². The van der Waals surface area contributed by atoms with Gasteiger partial charge < -0.3 is 0 Å². The molecule has 0 saturated carbocycles. The summed E-state index contributed by atoms with van der Waals surface area (Å²) < 4.78 is 45.2. The topological polar surface area (TPSA) is 0 Å². The molecule has 0 spiro atoms. The predicted octanol–water partition coefficient (Wildman–Crippen LogP) is 2.69. The Hall–Kier alpha value is 0.300. The lowest BCUT2D eigenvalue weighted by molar-refractivity contribution is -0.136. The zero-order valence-corrected chi connectivity index (χ0v) is 5.43. The van der Waals surface area contributed by atoms with Crippen molar-refractivity contribution < 1.29 is 17.6 Å². The fourth-order valence-corrected chi connectivity index (χ4v) is 0.286. The maximum atomic E-state index is 11.5. The lowest BCUT2D eigenvalue weighted by Gasteiger charge is -2.11. The van der Waals surface area contributed by atoms with E-state index in [4.69, 9.17) is 0 Å². The molecule has 0 N–H and O–H groups in total. The van der Waals surface area contributed by atoms with Crippen molar-refractivity contribution in [2.24, 2.45) is 0 Å². The van der Waals surface area contributed by atoms with Crippen LogP contribution in [0.2, 0.25) is 0 Å². The highest BCUT2D eigenvalue weighted by atomic mass is 35.5. The fourth-order valence-electron chi connectivity index (χ4n) is 0.143. The van der Waals surface area contributed by atoms with Crippen molar-refractivity contribution in [3.63, 3.8) is 0 Å². The molecule has 0 aromatic rings. The van der Waals surface area contributed by atoms with E-state index in [1.165, 1.54) is 0 Å². The third-order valence-electron chi connectivity index (χ3n) is 0.534. The average molecular weight is 185 g/mol. The van der Waals surface area contributed by atoms with Crippen LogP contribution in [-0.4, -0.2) is 17.2 Å². The van der Waals surface area contributed by atoms with Crippen molar-refractivity contribution in [3.8, 4) is 0 Å². The average Bonchev–Trinajstić information content (AvgIpc) is 1.62. The summed E-state index contributed by atoms with van der Waals surface area (Å²) in [6.07, 6.45) is -4.76. The Bertz CT molecular complexity index is 88.3. The van der Waals surface area contributed by atoms with Crippen molar-refractivity contribution in [1.82, 2.24) is 0 Å². The Labute approximate surface area is 58.7 Å². The van der Waals surface area contributed by atoms with Crippen molar-refractivity contribution in [2.75, 3.05) is 0 Å². The molecule has 0 radical (unpaired) electrons. The van der Waals surface area contributed by atoms with Crippen LogP contribution in [0.15, 0.2) is 0 Å². The molecule has 9 heavy (non-hydrogen) atoms. The quantitative estimate of drug-likeness (QED) is 0.435. The van der Waals surface area contributed by atoms with Gasteiger partial charge in [0.15, 0.2) is 11.0 Å². The monoisotopic (exact) mass is 184 g/mol. The molecule has 0 aliphatic heterocycles. The minimum absolute atomic E-state index is 2.58. The molecule has 0 fully saturated rings. The summed E-state index contributed by atoms with van der Waals surface area (Å²) in [5, 5.41) is -2.61. The van der Waals surface area contributed by atoms with Gasteiger partial charge in [0, 0.05) is 0 Å². The van der Waals surface area contributed by atoms with Crippen LogP contribution in [0.25, 0.3) is 0 Å². The fraction of sp³-hybridized carbons (Fsp3) is 1.00. The van der Waals surface area contributed by atoms with Gasteiger partial charge in [-0.05, 0) is 0 Å². The second-order valence-corrected chi connectivity index (χ2v) is 2.16. The van der Waals surface area contributed by atoms with Gasteiger partial charge in [-0.2, -0.15) is 13.2 Å². The Morgan fingerprint density at radius 3 is 1.44 bits per heavy atom. The highest BCUT2D eigenvalue weighted by molar-refractivity contribution is 6.29. The second-order valence-electron chi connectivity index (χ2n) is 1.28. The molecule has 0 bridgehead atoms. The normalized spacial score (nSPS) is 19.3. The summed E-state index contributed by atoms with van der Waals surface area (Å²) in [6, 6.07) is 0. The van der Waals surface area contributed by atoms with Gasteiger partial charge in [0.05, 0.1) is 0 Å². The molecule has 56 valence electrons. The number of halogens is 6. The Morgan fingerprint density at radius 2 is 1.44 bits per heavy atom. The molecule has 2 atom stereocenters. The van der Waals surface area contributed by atoms with Gasteiger partial charge >= 0.3 is 6.18 Å². The van der Waals surface area contributed by atoms with Gasteiger partial charge in [-0.1, -0.05) is 11.6 Å². The van der Waals surface area contributed by atoms with Crippen LogP contribution < -0.4 is 0 Å². The first-order valence-corrected chi connectivity index (χ1v) is 2.72. The zero-order chi connectivity index (χ0) is 7.65.